The summed E-state index contributed by atoms with van der Waals surface area (Å²) in [4.78, 5) is 11.0. The molecule has 0 radical (unpaired) electrons. The Bertz CT molecular complexity index is 644. The SMILES string of the molecule is NC(=O)c1ccc(Nc2ccc(Cl)c(Cl)c2)c(N)c1. The van der Waals surface area contributed by atoms with E-state index in [-0.39, 0.29) is 0 Å². The molecule has 98 valence electrons. The van der Waals surface area contributed by atoms with E-state index < -0.39 is 5.91 Å². The third-order valence-corrected chi connectivity index (χ3v) is 3.27. The number of nitrogens with one attached hydrogen (secondary N) is 1. The number of carbonyl (C=O) groups excluding carboxylic acids is 1. The van der Waals surface area contributed by atoms with Crippen LogP contribution in [0.15, 0.2) is 36.4 Å². The molecular formula is C13H11Cl2N3O. The Hall–Kier alpha value is -1.91. The first-order chi connectivity index (χ1) is 8.97. The Balaban J connectivity index is 2.28. The Labute approximate surface area is 120 Å². The van der Waals surface area contributed by atoms with Crippen LogP contribution in [0.3, 0.4) is 0 Å². The largest absolute Gasteiger partial charge is 0.397 e. The van der Waals surface area contributed by atoms with Crippen molar-refractivity contribution in [3.63, 3.8) is 0 Å². The Kier molecular flexibility index (Phi) is 3.83. The molecule has 2 aromatic carbocycles. The maximum atomic E-state index is 11.0. The number of carbonyl (C=O) groups is 1. The number of nitrogen functional groups attached to an aromatic ring is 1. The summed E-state index contributed by atoms with van der Waals surface area (Å²) < 4.78 is 0. The molecule has 0 fully saturated rings. The lowest BCUT2D eigenvalue weighted by atomic mass is 10.1. The quantitative estimate of drug-likeness (QED) is 0.759. The number of anilines is 3. The second-order valence-corrected chi connectivity index (χ2v) is 4.73. The molecule has 0 aliphatic heterocycles. The monoisotopic (exact) mass is 295 g/mol. The van der Waals surface area contributed by atoms with Gasteiger partial charge in [-0.1, -0.05) is 23.2 Å². The first-order valence-corrected chi connectivity index (χ1v) is 6.14. The van der Waals surface area contributed by atoms with Crippen LogP contribution in [0.5, 0.6) is 0 Å². The average Bonchev–Trinajstić information content (AvgIpc) is 2.36. The van der Waals surface area contributed by atoms with Crippen LogP contribution in [-0.2, 0) is 0 Å². The number of benzene rings is 2. The molecule has 2 aromatic rings. The zero-order valence-electron chi connectivity index (χ0n) is 9.78. The molecule has 0 atom stereocenters. The van der Waals surface area contributed by atoms with Gasteiger partial charge in [0.15, 0.2) is 0 Å². The van der Waals surface area contributed by atoms with Crippen LogP contribution in [0.1, 0.15) is 10.4 Å². The third kappa shape index (κ3) is 3.10. The summed E-state index contributed by atoms with van der Waals surface area (Å²) in [6.07, 6.45) is 0. The first kappa shape index (κ1) is 13.5. The van der Waals surface area contributed by atoms with E-state index in [0.717, 1.165) is 5.69 Å². The van der Waals surface area contributed by atoms with Gasteiger partial charge in [-0.25, -0.2) is 0 Å². The molecule has 0 heterocycles. The fraction of sp³-hybridized carbons (Fsp3) is 0. The molecule has 2 rings (SSSR count). The number of nitrogens with two attached hydrogens (primary N) is 2. The van der Waals surface area contributed by atoms with Crippen molar-refractivity contribution in [3.05, 3.63) is 52.0 Å². The van der Waals surface area contributed by atoms with Gasteiger partial charge in [-0.15, -0.1) is 0 Å². The molecule has 0 aliphatic carbocycles. The molecule has 0 saturated carbocycles. The van der Waals surface area contributed by atoms with Gasteiger partial charge in [0.05, 0.1) is 21.4 Å². The van der Waals surface area contributed by atoms with Crippen LogP contribution in [0.2, 0.25) is 10.0 Å². The van der Waals surface area contributed by atoms with Crippen LogP contribution in [0, 0.1) is 0 Å². The summed E-state index contributed by atoms with van der Waals surface area (Å²) in [5.41, 5.74) is 13.2. The second kappa shape index (κ2) is 5.38. The molecule has 0 saturated heterocycles. The summed E-state index contributed by atoms with van der Waals surface area (Å²) in [5.74, 6) is -0.521. The lowest BCUT2D eigenvalue weighted by Gasteiger charge is -2.10. The van der Waals surface area contributed by atoms with Gasteiger partial charge in [-0.05, 0) is 36.4 Å². The van der Waals surface area contributed by atoms with E-state index in [4.69, 9.17) is 34.7 Å². The van der Waals surface area contributed by atoms with Crippen molar-refractivity contribution in [1.29, 1.82) is 0 Å². The highest BCUT2D eigenvalue weighted by Gasteiger charge is 2.06. The molecule has 0 bridgehead atoms. The highest BCUT2D eigenvalue weighted by molar-refractivity contribution is 6.42. The van der Waals surface area contributed by atoms with Gasteiger partial charge in [0.25, 0.3) is 0 Å². The minimum atomic E-state index is -0.521. The van der Waals surface area contributed by atoms with Crippen LogP contribution in [-0.4, -0.2) is 5.91 Å². The van der Waals surface area contributed by atoms with E-state index in [9.17, 15) is 4.79 Å². The van der Waals surface area contributed by atoms with Crippen LogP contribution in [0.4, 0.5) is 17.1 Å². The van der Waals surface area contributed by atoms with Crippen molar-refractivity contribution in [2.75, 3.05) is 11.1 Å². The number of rotatable bonds is 3. The first-order valence-electron chi connectivity index (χ1n) is 5.39. The van der Waals surface area contributed by atoms with Crippen LogP contribution in [0.25, 0.3) is 0 Å². The molecular weight excluding hydrogens is 285 g/mol. The summed E-state index contributed by atoms with van der Waals surface area (Å²) in [6, 6.07) is 9.93. The van der Waals surface area contributed by atoms with E-state index in [2.05, 4.69) is 5.32 Å². The standard InChI is InChI=1S/C13H11Cl2N3O/c14-9-3-2-8(6-10(9)15)18-12-4-1-7(13(17)19)5-11(12)16/h1-6,18H,16H2,(H2,17,19). The normalized spacial score (nSPS) is 10.2. The van der Waals surface area contributed by atoms with Gasteiger partial charge in [-0.3, -0.25) is 4.79 Å². The Morgan fingerprint density at radius 3 is 2.37 bits per heavy atom. The van der Waals surface area contributed by atoms with Crippen molar-refractivity contribution in [3.8, 4) is 0 Å². The summed E-state index contributed by atoms with van der Waals surface area (Å²) in [7, 11) is 0. The number of primary amides is 1. The van der Waals surface area contributed by atoms with Crippen molar-refractivity contribution in [2.45, 2.75) is 0 Å². The third-order valence-electron chi connectivity index (χ3n) is 2.53. The zero-order valence-corrected chi connectivity index (χ0v) is 11.3. The number of halogens is 2. The summed E-state index contributed by atoms with van der Waals surface area (Å²) in [5, 5.41) is 4.01. The zero-order chi connectivity index (χ0) is 14.0. The minimum Gasteiger partial charge on any atom is -0.397 e. The maximum Gasteiger partial charge on any atom is 0.248 e. The van der Waals surface area contributed by atoms with Gasteiger partial charge in [0.2, 0.25) is 5.91 Å². The Morgan fingerprint density at radius 2 is 1.79 bits per heavy atom. The van der Waals surface area contributed by atoms with E-state index in [1.807, 2.05) is 0 Å². The second-order valence-electron chi connectivity index (χ2n) is 3.92. The molecule has 0 aliphatic rings. The van der Waals surface area contributed by atoms with Crippen LogP contribution < -0.4 is 16.8 Å². The molecule has 19 heavy (non-hydrogen) atoms. The number of hydrogen-bond donors (Lipinski definition) is 3. The van der Waals surface area contributed by atoms with E-state index >= 15 is 0 Å². The molecule has 0 spiro atoms. The number of hydrogen-bond acceptors (Lipinski definition) is 3. The van der Waals surface area contributed by atoms with Gasteiger partial charge in [-0.2, -0.15) is 0 Å². The van der Waals surface area contributed by atoms with E-state index in [1.165, 1.54) is 6.07 Å². The van der Waals surface area contributed by atoms with Gasteiger partial charge in [0, 0.05) is 11.3 Å². The maximum absolute atomic E-state index is 11.0. The Morgan fingerprint density at radius 1 is 1.05 bits per heavy atom. The van der Waals surface area contributed by atoms with E-state index in [1.54, 1.807) is 30.3 Å². The average molecular weight is 296 g/mol. The van der Waals surface area contributed by atoms with Gasteiger partial charge < -0.3 is 16.8 Å². The smallest absolute Gasteiger partial charge is 0.248 e. The van der Waals surface area contributed by atoms with Crippen molar-refractivity contribution in [1.82, 2.24) is 0 Å². The number of amides is 1. The lowest BCUT2D eigenvalue weighted by Crippen LogP contribution is -2.11. The lowest BCUT2D eigenvalue weighted by molar-refractivity contribution is 0.100. The molecule has 4 nitrogen and oxygen atoms in total. The van der Waals surface area contributed by atoms with Gasteiger partial charge >= 0.3 is 0 Å². The molecule has 0 aromatic heterocycles. The molecule has 0 unspecified atom stereocenters. The predicted molar refractivity (Wildman–Crippen MR) is 79.1 cm³/mol. The van der Waals surface area contributed by atoms with Gasteiger partial charge in [0.1, 0.15) is 0 Å². The van der Waals surface area contributed by atoms with Crippen molar-refractivity contribution < 1.29 is 4.79 Å². The highest BCUT2D eigenvalue weighted by Crippen LogP contribution is 2.29. The predicted octanol–water partition coefficient (Wildman–Crippen LogP) is 3.42. The summed E-state index contributed by atoms with van der Waals surface area (Å²) in [6.45, 7) is 0. The van der Waals surface area contributed by atoms with Crippen molar-refractivity contribution in [2.24, 2.45) is 5.73 Å². The minimum absolute atomic E-state index is 0.359. The fourth-order valence-corrected chi connectivity index (χ4v) is 1.86. The topological polar surface area (TPSA) is 81.1 Å². The molecule has 1 amide bonds. The highest BCUT2D eigenvalue weighted by atomic mass is 35.5. The fourth-order valence-electron chi connectivity index (χ4n) is 1.56. The van der Waals surface area contributed by atoms with E-state index in [0.29, 0.717) is 27.0 Å². The van der Waals surface area contributed by atoms with Crippen molar-refractivity contribution >= 4 is 46.2 Å². The van der Waals surface area contributed by atoms with Crippen LogP contribution >= 0.6 is 23.2 Å². The molecule has 5 N–H and O–H groups in total. The summed E-state index contributed by atoms with van der Waals surface area (Å²) >= 11 is 11.8. The molecule has 6 heteroatoms.